The van der Waals surface area contributed by atoms with Crippen molar-refractivity contribution in [2.75, 3.05) is 13.2 Å². The highest BCUT2D eigenvalue weighted by Gasteiger charge is 2.28. The third-order valence-corrected chi connectivity index (χ3v) is 4.12. The minimum absolute atomic E-state index is 0.0858. The lowest BCUT2D eigenvalue weighted by molar-refractivity contribution is -0.0633. The van der Waals surface area contributed by atoms with Crippen LogP contribution in [0.1, 0.15) is 58.8 Å². The topological polar surface area (TPSA) is 21.3 Å². The average Bonchev–Trinajstić information content (AvgIpc) is 2.27. The minimum atomic E-state index is 0.0858. The van der Waals surface area contributed by atoms with E-state index < -0.39 is 0 Å². The molecule has 0 aromatic heterocycles. The van der Waals surface area contributed by atoms with Crippen molar-refractivity contribution in [1.29, 1.82) is 0 Å². The molecule has 0 aromatic carbocycles. The van der Waals surface area contributed by atoms with Gasteiger partial charge in [0.05, 0.1) is 5.60 Å². The predicted octanol–water partition coefficient (Wildman–Crippen LogP) is 3.11. The number of ether oxygens (including phenoxy) is 1. The molecule has 1 heterocycles. The van der Waals surface area contributed by atoms with E-state index in [9.17, 15) is 0 Å². The molecule has 1 N–H and O–H groups in total. The van der Waals surface area contributed by atoms with Gasteiger partial charge in [0.25, 0.3) is 0 Å². The second-order valence-electron chi connectivity index (χ2n) is 6.21. The molecule has 0 spiro atoms. The zero-order chi connectivity index (χ0) is 11.4. The van der Waals surface area contributed by atoms with Crippen LogP contribution in [0, 0.1) is 5.92 Å². The van der Waals surface area contributed by atoms with Crippen molar-refractivity contribution in [2.45, 2.75) is 70.4 Å². The monoisotopic (exact) mass is 225 g/mol. The number of hydrogen-bond donors (Lipinski definition) is 1. The van der Waals surface area contributed by atoms with E-state index in [0.717, 1.165) is 12.5 Å². The summed E-state index contributed by atoms with van der Waals surface area (Å²) in [6, 6.07) is 0.686. The van der Waals surface area contributed by atoms with Crippen molar-refractivity contribution in [3.8, 4) is 0 Å². The summed E-state index contributed by atoms with van der Waals surface area (Å²) < 4.78 is 5.75. The Hall–Kier alpha value is -0.0800. The molecule has 1 aliphatic heterocycles. The van der Waals surface area contributed by atoms with Crippen LogP contribution in [-0.2, 0) is 4.74 Å². The molecule has 2 rings (SSSR count). The second kappa shape index (κ2) is 5.50. The Kier molecular flexibility index (Phi) is 4.26. The fourth-order valence-corrected chi connectivity index (χ4v) is 3.13. The van der Waals surface area contributed by atoms with Gasteiger partial charge in [-0.05, 0) is 52.0 Å². The molecule has 1 atom stereocenters. The third-order valence-electron chi connectivity index (χ3n) is 4.12. The van der Waals surface area contributed by atoms with Gasteiger partial charge in [-0.15, -0.1) is 0 Å². The Morgan fingerprint density at radius 3 is 2.56 bits per heavy atom. The minimum Gasteiger partial charge on any atom is -0.375 e. The van der Waals surface area contributed by atoms with Crippen molar-refractivity contribution in [3.05, 3.63) is 0 Å². The zero-order valence-electron chi connectivity index (χ0n) is 10.9. The van der Waals surface area contributed by atoms with Crippen LogP contribution in [0.5, 0.6) is 0 Å². The van der Waals surface area contributed by atoms with E-state index >= 15 is 0 Å². The Morgan fingerprint density at radius 2 is 1.88 bits per heavy atom. The van der Waals surface area contributed by atoms with Crippen molar-refractivity contribution >= 4 is 0 Å². The van der Waals surface area contributed by atoms with E-state index in [1.54, 1.807) is 0 Å². The summed E-state index contributed by atoms with van der Waals surface area (Å²) in [4.78, 5) is 0. The molecular weight excluding hydrogens is 198 g/mol. The summed E-state index contributed by atoms with van der Waals surface area (Å²) in [6.07, 6.45) is 9.60. The lowest BCUT2D eigenvalue weighted by atomic mass is 9.88. The number of nitrogens with one attached hydrogen (secondary N) is 1. The van der Waals surface area contributed by atoms with Gasteiger partial charge in [-0.2, -0.15) is 0 Å². The first-order chi connectivity index (χ1) is 7.66. The first kappa shape index (κ1) is 12.4. The molecular formula is C14H27NO. The van der Waals surface area contributed by atoms with Crippen LogP contribution >= 0.6 is 0 Å². The molecule has 0 bridgehead atoms. The first-order valence-electron chi connectivity index (χ1n) is 7.03. The smallest absolute Gasteiger partial charge is 0.0641 e. The standard InChI is InChI=1S/C14H27NO/c1-14(2)10-13(8-9-16-14)15-11-12-6-4-3-5-7-12/h12-13,15H,3-11H2,1-2H3. The molecule has 2 fully saturated rings. The van der Waals surface area contributed by atoms with E-state index in [2.05, 4.69) is 19.2 Å². The molecule has 2 aliphatic rings. The van der Waals surface area contributed by atoms with E-state index in [4.69, 9.17) is 4.74 Å². The maximum Gasteiger partial charge on any atom is 0.0641 e. The number of hydrogen-bond acceptors (Lipinski definition) is 2. The van der Waals surface area contributed by atoms with E-state index in [1.165, 1.54) is 51.5 Å². The normalized spacial score (nSPS) is 31.5. The summed E-state index contributed by atoms with van der Waals surface area (Å²) in [5.74, 6) is 0.944. The molecule has 94 valence electrons. The second-order valence-corrected chi connectivity index (χ2v) is 6.21. The van der Waals surface area contributed by atoms with Crippen molar-refractivity contribution < 1.29 is 4.74 Å². The maximum atomic E-state index is 5.75. The lowest BCUT2D eigenvalue weighted by Crippen LogP contribution is -2.45. The van der Waals surface area contributed by atoms with Gasteiger partial charge < -0.3 is 10.1 Å². The molecule has 0 aromatic rings. The van der Waals surface area contributed by atoms with E-state index in [1.807, 2.05) is 0 Å². The van der Waals surface area contributed by atoms with Crippen molar-refractivity contribution in [3.63, 3.8) is 0 Å². The molecule has 1 saturated heterocycles. The SMILES string of the molecule is CC1(C)CC(NCC2CCCCC2)CCO1. The number of rotatable bonds is 3. The van der Waals surface area contributed by atoms with Gasteiger partial charge in [-0.3, -0.25) is 0 Å². The highest BCUT2D eigenvalue weighted by Crippen LogP contribution is 2.26. The first-order valence-corrected chi connectivity index (χ1v) is 7.03. The highest BCUT2D eigenvalue weighted by molar-refractivity contribution is 4.83. The lowest BCUT2D eigenvalue weighted by Gasteiger charge is -2.36. The Balaban J connectivity index is 1.68. The summed E-state index contributed by atoms with van der Waals surface area (Å²) in [5.41, 5.74) is 0.0858. The summed E-state index contributed by atoms with van der Waals surface area (Å²) >= 11 is 0. The Bertz CT molecular complexity index is 209. The summed E-state index contributed by atoms with van der Waals surface area (Å²) in [6.45, 7) is 6.58. The molecule has 0 amide bonds. The van der Waals surface area contributed by atoms with Gasteiger partial charge in [0.2, 0.25) is 0 Å². The van der Waals surface area contributed by atoms with Gasteiger partial charge >= 0.3 is 0 Å². The largest absolute Gasteiger partial charge is 0.375 e. The quantitative estimate of drug-likeness (QED) is 0.797. The third kappa shape index (κ3) is 3.74. The van der Waals surface area contributed by atoms with Crippen molar-refractivity contribution in [1.82, 2.24) is 5.32 Å². The molecule has 1 unspecified atom stereocenters. The molecule has 2 heteroatoms. The zero-order valence-corrected chi connectivity index (χ0v) is 10.9. The summed E-state index contributed by atoms with van der Waals surface area (Å²) in [7, 11) is 0. The molecule has 2 nitrogen and oxygen atoms in total. The predicted molar refractivity (Wildman–Crippen MR) is 67.6 cm³/mol. The molecule has 1 saturated carbocycles. The van der Waals surface area contributed by atoms with Crippen LogP contribution in [0.25, 0.3) is 0 Å². The van der Waals surface area contributed by atoms with Crippen LogP contribution in [0.3, 0.4) is 0 Å². The molecule has 1 aliphatic carbocycles. The fourth-order valence-electron chi connectivity index (χ4n) is 3.13. The van der Waals surface area contributed by atoms with Crippen LogP contribution < -0.4 is 5.32 Å². The Morgan fingerprint density at radius 1 is 1.12 bits per heavy atom. The van der Waals surface area contributed by atoms with Gasteiger partial charge in [0, 0.05) is 12.6 Å². The van der Waals surface area contributed by atoms with E-state index in [-0.39, 0.29) is 5.60 Å². The molecule has 16 heavy (non-hydrogen) atoms. The van der Waals surface area contributed by atoms with E-state index in [0.29, 0.717) is 6.04 Å². The van der Waals surface area contributed by atoms with Gasteiger partial charge in [0.1, 0.15) is 0 Å². The summed E-state index contributed by atoms with van der Waals surface area (Å²) in [5, 5.41) is 3.77. The van der Waals surface area contributed by atoms with Gasteiger partial charge in [0.15, 0.2) is 0 Å². The van der Waals surface area contributed by atoms with Crippen molar-refractivity contribution in [2.24, 2.45) is 5.92 Å². The maximum absolute atomic E-state index is 5.75. The van der Waals surface area contributed by atoms with Crippen LogP contribution in [0.4, 0.5) is 0 Å². The van der Waals surface area contributed by atoms with Crippen LogP contribution in [0.15, 0.2) is 0 Å². The van der Waals surface area contributed by atoms with Gasteiger partial charge in [-0.25, -0.2) is 0 Å². The highest BCUT2D eigenvalue weighted by atomic mass is 16.5. The van der Waals surface area contributed by atoms with Crippen LogP contribution in [0.2, 0.25) is 0 Å². The average molecular weight is 225 g/mol. The molecule has 0 radical (unpaired) electrons. The Labute approximate surface area is 100 Å². The fraction of sp³-hybridized carbons (Fsp3) is 1.00. The van der Waals surface area contributed by atoms with Crippen LogP contribution in [-0.4, -0.2) is 24.8 Å². The van der Waals surface area contributed by atoms with Gasteiger partial charge in [-0.1, -0.05) is 19.3 Å².